The Morgan fingerprint density at radius 1 is 1.50 bits per heavy atom. The molecule has 2 heterocycles. The first-order valence-electron chi connectivity index (χ1n) is 6.08. The molecule has 0 aliphatic carbocycles. The van der Waals surface area contributed by atoms with Crippen molar-refractivity contribution < 1.29 is 9.90 Å². The third-order valence-corrected chi connectivity index (χ3v) is 4.28. The zero-order chi connectivity index (χ0) is 14.4. The Balaban J connectivity index is 1.84. The van der Waals surface area contributed by atoms with E-state index in [1.165, 1.54) is 11.3 Å². The molecular formula is C14H14N2O2S2. The number of thiazole rings is 1. The number of hydrogen-bond donors (Lipinski definition) is 2. The van der Waals surface area contributed by atoms with Gasteiger partial charge >= 0.3 is 0 Å². The van der Waals surface area contributed by atoms with Crippen molar-refractivity contribution in [2.45, 2.75) is 13.3 Å². The standard InChI is InChI=1S/C14H14N2O2S2/c1-10-16-11(9-19-10)6-7-15-14(18)13-5-4-12(20-13)3-2-8-17/h4-5,9,17H,6-8H2,1H3,(H,15,18). The summed E-state index contributed by atoms with van der Waals surface area (Å²) in [5, 5.41) is 14.5. The molecule has 6 heteroatoms. The van der Waals surface area contributed by atoms with Gasteiger partial charge in [0, 0.05) is 18.3 Å². The van der Waals surface area contributed by atoms with Crippen LogP contribution >= 0.6 is 22.7 Å². The molecule has 0 saturated carbocycles. The van der Waals surface area contributed by atoms with Crippen molar-refractivity contribution in [1.29, 1.82) is 0 Å². The van der Waals surface area contributed by atoms with E-state index in [9.17, 15) is 4.79 Å². The Bertz CT molecular complexity index is 649. The summed E-state index contributed by atoms with van der Waals surface area (Å²) < 4.78 is 0. The van der Waals surface area contributed by atoms with Crippen molar-refractivity contribution in [2.24, 2.45) is 0 Å². The molecule has 0 radical (unpaired) electrons. The van der Waals surface area contributed by atoms with E-state index in [1.54, 1.807) is 23.5 Å². The fourth-order valence-corrected chi connectivity index (χ4v) is 3.01. The Morgan fingerprint density at radius 3 is 3.05 bits per heavy atom. The van der Waals surface area contributed by atoms with Gasteiger partial charge in [0.15, 0.2) is 0 Å². The minimum atomic E-state index is -0.174. The predicted molar refractivity (Wildman–Crippen MR) is 81.2 cm³/mol. The fourth-order valence-electron chi connectivity index (χ4n) is 1.57. The molecule has 1 amide bonds. The van der Waals surface area contributed by atoms with Crippen LogP contribution in [0.1, 0.15) is 25.3 Å². The van der Waals surface area contributed by atoms with E-state index in [2.05, 4.69) is 22.1 Å². The van der Waals surface area contributed by atoms with Gasteiger partial charge in [-0.1, -0.05) is 11.8 Å². The molecule has 2 N–H and O–H groups in total. The minimum Gasteiger partial charge on any atom is -0.384 e. The SMILES string of the molecule is Cc1nc(CCNC(=O)c2ccc(C#CCO)s2)cs1. The van der Waals surface area contributed by atoms with Crippen LogP contribution in [0, 0.1) is 18.8 Å². The first-order chi connectivity index (χ1) is 9.69. The van der Waals surface area contributed by atoms with Crippen LogP contribution in [0.25, 0.3) is 0 Å². The van der Waals surface area contributed by atoms with Crippen LogP contribution < -0.4 is 5.32 Å². The van der Waals surface area contributed by atoms with Gasteiger partial charge in [-0.15, -0.1) is 22.7 Å². The number of amides is 1. The van der Waals surface area contributed by atoms with Crippen LogP contribution in [-0.2, 0) is 6.42 Å². The van der Waals surface area contributed by atoms with E-state index in [1.807, 2.05) is 12.3 Å². The number of aliphatic hydroxyl groups excluding tert-OH is 1. The lowest BCUT2D eigenvalue weighted by Crippen LogP contribution is -2.24. The van der Waals surface area contributed by atoms with Gasteiger partial charge in [-0.2, -0.15) is 0 Å². The summed E-state index contributed by atoms with van der Waals surface area (Å²) in [6, 6.07) is 3.53. The molecule has 0 fully saturated rings. The van der Waals surface area contributed by atoms with Gasteiger partial charge < -0.3 is 10.4 Å². The van der Waals surface area contributed by atoms with Gasteiger partial charge in [-0.25, -0.2) is 4.98 Å². The second kappa shape index (κ2) is 7.20. The normalized spacial score (nSPS) is 9.90. The number of thiophene rings is 1. The maximum Gasteiger partial charge on any atom is 0.261 e. The zero-order valence-electron chi connectivity index (χ0n) is 11.0. The summed E-state index contributed by atoms with van der Waals surface area (Å²) in [7, 11) is 0. The van der Waals surface area contributed by atoms with E-state index in [0.29, 0.717) is 11.4 Å². The van der Waals surface area contributed by atoms with Gasteiger partial charge in [0.1, 0.15) is 6.61 Å². The molecule has 0 aliphatic rings. The largest absolute Gasteiger partial charge is 0.384 e. The summed E-state index contributed by atoms with van der Waals surface area (Å²) in [6.45, 7) is 2.36. The van der Waals surface area contributed by atoms with Crippen molar-refractivity contribution in [3.05, 3.63) is 38.0 Å². The maximum atomic E-state index is 11.9. The highest BCUT2D eigenvalue weighted by Gasteiger charge is 2.08. The molecule has 0 unspecified atom stereocenters. The van der Waals surface area contributed by atoms with Gasteiger partial charge in [-0.3, -0.25) is 4.79 Å². The Kier molecular flexibility index (Phi) is 5.30. The lowest BCUT2D eigenvalue weighted by Gasteiger charge is -2.01. The third-order valence-electron chi connectivity index (χ3n) is 2.45. The monoisotopic (exact) mass is 306 g/mol. The highest BCUT2D eigenvalue weighted by Crippen LogP contribution is 2.15. The lowest BCUT2D eigenvalue weighted by molar-refractivity contribution is 0.0958. The van der Waals surface area contributed by atoms with Gasteiger partial charge in [0.25, 0.3) is 5.91 Å². The van der Waals surface area contributed by atoms with Crippen LogP contribution in [0.5, 0.6) is 0 Å². The molecular weight excluding hydrogens is 292 g/mol. The molecule has 104 valence electrons. The fraction of sp³-hybridized carbons (Fsp3) is 0.286. The first-order valence-corrected chi connectivity index (χ1v) is 7.77. The van der Waals surface area contributed by atoms with Crippen molar-refractivity contribution >= 4 is 28.6 Å². The maximum absolute atomic E-state index is 11.9. The number of aryl methyl sites for hydroxylation is 1. The zero-order valence-corrected chi connectivity index (χ0v) is 12.6. The highest BCUT2D eigenvalue weighted by molar-refractivity contribution is 7.14. The van der Waals surface area contributed by atoms with Crippen LogP contribution in [0.15, 0.2) is 17.5 Å². The van der Waals surface area contributed by atoms with Crippen molar-refractivity contribution in [3.63, 3.8) is 0 Å². The van der Waals surface area contributed by atoms with E-state index in [4.69, 9.17) is 5.11 Å². The third kappa shape index (κ3) is 4.17. The number of carbonyl (C=O) groups excluding carboxylic acids is 1. The lowest BCUT2D eigenvalue weighted by atomic mass is 10.3. The molecule has 2 aromatic heterocycles. The second-order valence-electron chi connectivity index (χ2n) is 3.99. The van der Waals surface area contributed by atoms with Gasteiger partial charge in [0.2, 0.25) is 0 Å². The molecule has 0 aliphatic heterocycles. The van der Waals surface area contributed by atoms with E-state index in [0.717, 1.165) is 22.0 Å². The number of aliphatic hydroxyl groups is 1. The molecule has 0 saturated heterocycles. The predicted octanol–water partition coefficient (Wildman–Crippen LogP) is 1.83. The highest BCUT2D eigenvalue weighted by atomic mass is 32.1. The summed E-state index contributed by atoms with van der Waals surface area (Å²) in [6.07, 6.45) is 0.735. The molecule has 0 aromatic carbocycles. The van der Waals surface area contributed by atoms with Gasteiger partial charge in [-0.05, 0) is 19.1 Å². The molecule has 2 rings (SSSR count). The summed E-state index contributed by atoms with van der Waals surface area (Å²) in [4.78, 5) is 17.7. The van der Waals surface area contributed by atoms with E-state index < -0.39 is 0 Å². The van der Waals surface area contributed by atoms with Crippen molar-refractivity contribution in [2.75, 3.05) is 13.2 Å². The molecule has 4 nitrogen and oxygen atoms in total. The number of nitrogens with one attached hydrogen (secondary N) is 1. The smallest absolute Gasteiger partial charge is 0.261 e. The Labute approximate surface area is 125 Å². The summed E-state index contributed by atoms with van der Waals surface area (Å²) >= 11 is 2.93. The van der Waals surface area contributed by atoms with E-state index >= 15 is 0 Å². The molecule has 2 aromatic rings. The number of aromatic nitrogens is 1. The quantitative estimate of drug-likeness (QED) is 0.847. The van der Waals surface area contributed by atoms with Crippen LogP contribution in [-0.4, -0.2) is 29.1 Å². The average molecular weight is 306 g/mol. The molecule has 20 heavy (non-hydrogen) atoms. The summed E-state index contributed by atoms with van der Waals surface area (Å²) in [5.41, 5.74) is 1.01. The first kappa shape index (κ1) is 14.7. The second-order valence-corrected chi connectivity index (χ2v) is 6.13. The number of nitrogens with zero attached hydrogens (tertiary/aromatic N) is 1. The van der Waals surface area contributed by atoms with Crippen LogP contribution in [0.2, 0.25) is 0 Å². The molecule has 0 spiro atoms. The molecule has 0 atom stereocenters. The minimum absolute atomic E-state index is 0.0981. The Morgan fingerprint density at radius 2 is 2.35 bits per heavy atom. The van der Waals surface area contributed by atoms with Crippen molar-refractivity contribution in [3.8, 4) is 11.8 Å². The van der Waals surface area contributed by atoms with E-state index in [-0.39, 0.29) is 12.5 Å². The Hall–Kier alpha value is -1.68. The van der Waals surface area contributed by atoms with Crippen LogP contribution in [0.4, 0.5) is 0 Å². The van der Waals surface area contributed by atoms with Crippen LogP contribution in [0.3, 0.4) is 0 Å². The van der Waals surface area contributed by atoms with Gasteiger partial charge in [0.05, 0.1) is 20.5 Å². The number of rotatable bonds is 4. The molecule has 0 bridgehead atoms. The van der Waals surface area contributed by atoms with Crippen molar-refractivity contribution in [1.82, 2.24) is 10.3 Å². The summed E-state index contributed by atoms with van der Waals surface area (Å²) in [5.74, 6) is 5.25. The number of carbonyl (C=O) groups is 1. The number of hydrogen-bond acceptors (Lipinski definition) is 5. The average Bonchev–Trinajstić information content (AvgIpc) is 3.05. The topological polar surface area (TPSA) is 62.2 Å².